The molecule has 0 unspecified atom stereocenters. The quantitative estimate of drug-likeness (QED) is 0.812. The molecule has 1 aliphatic heterocycles. The van der Waals surface area contributed by atoms with Crippen LogP contribution in [0.3, 0.4) is 0 Å². The first-order valence-corrected chi connectivity index (χ1v) is 5.98. The van der Waals surface area contributed by atoms with Gasteiger partial charge in [0.25, 0.3) is 0 Å². The minimum Gasteiger partial charge on any atom is -0.508 e. The van der Waals surface area contributed by atoms with Gasteiger partial charge >= 0.3 is 0 Å². The van der Waals surface area contributed by atoms with Crippen LogP contribution in [0.25, 0.3) is 0 Å². The van der Waals surface area contributed by atoms with E-state index in [9.17, 15) is 9.90 Å². The highest BCUT2D eigenvalue weighted by atomic mass is 16.3. The van der Waals surface area contributed by atoms with Gasteiger partial charge in [-0.05, 0) is 36.4 Å². The number of phenolic OH excluding ortho intramolecular Hbond substituents is 1. The zero-order chi connectivity index (χ0) is 12.5. The monoisotopic (exact) mass is 242 g/mol. The smallest absolute Gasteiger partial charge is 0.180 e. The fraction of sp³-hybridized carbons (Fsp3) is 0.214. The number of hydrogen-bond acceptors (Lipinski definition) is 3. The molecule has 92 valence electrons. The highest BCUT2D eigenvalue weighted by Crippen LogP contribution is 2.20. The number of carbonyl (C=O) groups is 1. The number of ketones is 1. The van der Waals surface area contributed by atoms with E-state index in [4.69, 9.17) is 0 Å². The Morgan fingerprint density at radius 3 is 2.72 bits per heavy atom. The molecule has 0 atom stereocenters. The molecule has 2 heterocycles. The first-order valence-electron chi connectivity index (χ1n) is 5.98. The molecule has 18 heavy (non-hydrogen) atoms. The zero-order valence-corrected chi connectivity index (χ0v) is 9.89. The molecule has 0 saturated carbocycles. The molecule has 4 heteroatoms. The van der Waals surface area contributed by atoms with Crippen LogP contribution in [0.1, 0.15) is 22.6 Å². The highest BCUT2D eigenvalue weighted by molar-refractivity contribution is 5.96. The Labute approximate surface area is 105 Å². The van der Waals surface area contributed by atoms with Crippen LogP contribution in [0.4, 0.5) is 5.69 Å². The average Bonchev–Trinajstić information content (AvgIpc) is 2.93. The number of anilines is 1. The van der Waals surface area contributed by atoms with Crippen molar-refractivity contribution in [1.82, 2.24) is 4.57 Å². The lowest BCUT2D eigenvalue weighted by Gasteiger charge is -2.08. The Bertz CT molecular complexity index is 584. The van der Waals surface area contributed by atoms with E-state index in [1.807, 2.05) is 24.3 Å². The number of carbonyl (C=O) groups excluding carboxylic acids is 1. The van der Waals surface area contributed by atoms with Crippen molar-refractivity contribution in [2.24, 2.45) is 0 Å². The van der Waals surface area contributed by atoms with E-state index in [1.54, 1.807) is 12.1 Å². The number of phenols is 1. The molecule has 3 rings (SSSR count). The van der Waals surface area contributed by atoms with Gasteiger partial charge in [0.05, 0.1) is 12.2 Å². The van der Waals surface area contributed by atoms with Gasteiger partial charge < -0.3 is 15.0 Å². The maximum atomic E-state index is 11.5. The molecule has 2 N–H and O–H groups in total. The lowest BCUT2D eigenvalue weighted by molar-refractivity contribution is 0.0994. The summed E-state index contributed by atoms with van der Waals surface area (Å²) in [5.41, 5.74) is 2.88. The predicted octanol–water partition coefficient (Wildman–Crippen LogP) is 2.39. The van der Waals surface area contributed by atoms with E-state index >= 15 is 0 Å². The van der Waals surface area contributed by atoms with E-state index in [1.165, 1.54) is 0 Å². The van der Waals surface area contributed by atoms with Gasteiger partial charge in [0, 0.05) is 24.3 Å². The number of Topliss-reactive ketones (excluding diaryl/α,β-unsaturated/α-hetero) is 1. The van der Waals surface area contributed by atoms with Crippen LogP contribution in [0.2, 0.25) is 0 Å². The number of benzene rings is 1. The van der Waals surface area contributed by atoms with E-state index in [2.05, 4.69) is 9.88 Å². The second-order valence-corrected chi connectivity index (χ2v) is 4.44. The summed E-state index contributed by atoms with van der Waals surface area (Å²) in [7, 11) is 0. The minimum atomic E-state index is 0.228. The number of nitrogens with zero attached hydrogens (tertiary/aromatic N) is 1. The molecule has 0 fully saturated rings. The minimum absolute atomic E-state index is 0.228. The molecule has 0 radical (unpaired) electrons. The molecular weight excluding hydrogens is 228 g/mol. The van der Waals surface area contributed by atoms with Gasteiger partial charge in [0.15, 0.2) is 5.78 Å². The molecule has 4 nitrogen and oxygen atoms in total. The van der Waals surface area contributed by atoms with Crippen LogP contribution in [0.5, 0.6) is 5.75 Å². The third kappa shape index (κ3) is 1.86. The van der Waals surface area contributed by atoms with Crippen molar-refractivity contribution < 1.29 is 9.90 Å². The van der Waals surface area contributed by atoms with Crippen molar-refractivity contribution in [2.75, 3.05) is 5.32 Å². The number of fused-ring (bicyclic) bond motifs is 1. The van der Waals surface area contributed by atoms with Gasteiger partial charge in [0.2, 0.25) is 0 Å². The molecule has 2 aromatic rings. The largest absolute Gasteiger partial charge is 0.508 e. The molecule has 0 saturated heterocycles. The molecule has 1 aromatic heterocycles. The fourth-order valence-corrected chi connectivity index (χ4v) is 2.28. The molecule has 1 aliphatic rings. The Hall–Kier alpha value is -2.23. The van der Waals surface area contributed by atoms with E-state index in [0.29, 0.717) is 13.0 Å². The van der Waals surface area contributed by atoms with Crippen molar-refractivity contribution in [1.29, 1.82) is 0 Å². The molecule has 1 aromatic carbocycles. The van der Waals surface area contributed by atoms with Gasteiger partial charge in [-0.15, -0.1) is 0 Å². The van der Waals surface area contributed by atoms with Gasteiger partial charge in [-0.25, -0.2) is 0 Å². The van der Waals surface area contributed by atoms with Crippen molar-refractivity contribution in [3.05, 3.63) is 47.8 Å². The lowest BCUT2D eigenvalue weighted by Crippen LogP contribution is -2.06. The van der Waals surface area contributed by atoms with Crippen LogP contribution in [-0.4, -0.2) is 15.5 Å². The predicted molar refractivity (Wildman–Crippen MR) is 68.8 cm³/mol. The number of nitrogens with one attached hydrogen (secondary N) is 1. The molecule has 0 spiro atoms. The summed E-state index contributed by atoms with van der Waals surface area (Å²) in [5, 5.41) is 12.5. The summed E-state index contributed by atoms with van der Waals surface area (Å²) in [4.78, 5) is 11.5. The number of rotatable bonds is 3. The first kappa shape index (κ1) is 10.9. The van der Waals surface area contributed by atoms with Gasteiger partial charge in [0.1, 0.15) is 5.75 Å². The van der Waals surface area contributed by atoms with Gasteiger partial charge in [-0.3, -0.25) is 4.79 Å². The second-order valence-electron chi connectivity index (χ2n) is 4.44. The summed E-state index contributed by atoms with van der Waals surface area (Å²) in [6.07, 6.45) is 0.613. The Kier molecular flexibility index (Phi) is 2.55. The standard InChI is InChI=1S/C14H14N2O2/c17-12-4-1-10(2-5-12)15-9-11-3-6-13-14(18)7-8-16(11)13/h1-6,15,17H,7-9H2. The maximum absolute atomic E-state index is 11.5. The zero-order valence-electron chi connectivity index (χ0n) is 9.89. The van der Waals surface area contributed by atoms with E-state index < -0.39 is 0 Å². The molecule has 0 amide bonds. The van der Waals surface area contributed by atoms with Crippen molar-refractivity contribution in [3.8, 4) is 5.75 Å². The van der Waals surface area contributed by atoms with Crippen LogP contribution in [0.15, 0.2) is 36.4 Å². The lowest BCUT2D eigenvalue weighted by atomic mass is 10.2. The normalized spacial score (nSPS) is 13.7. The first-order chi connectivity index (χ1) is 8.74. The Morgan fingerprint density at radius 1 is 1.17 bits per heavy atom. The topological polar surface area (TPSA) is 54.3 Å². The number of aromatic hydroxyl groups is 1. The van der Waals surface area contributed by atoms with Crippen LogP contribution >= 0.6 is 0 Å². The third-order valence-electron chi connectivity index (χ3n) is 3.26. The molecular formula is C14H14N2O2. The van der Waals surface area contributed by atoms with Crippen molar-refractivity contribution >= 4 is 11.5 Å². The fourth-order valence-electron chi connectivity index (χ4n) is 2.28. The summed E-state index contributed by atoms with van der Waals surface area (Å²) in [6.45, 7) is 1.46. The number of hydrogen-bond donors (Lipinski definition) is 2. The molecule has 0 aliphatic carbocycles. The summed E-state index contributed by atoms with van der Waals surface area (Å²) in [5.74, 6) is 0.487. The Balaban J connectivity index is 1.72. The van der Waals surface area contributed by atoms with E-state index in [0.717, 1.165) is 23.6 Å². The maximum Gasteiger partial charge on any atom is 0.180 e. The number of aromatic nitrogens is 1. The summed E-state index contributed by atoms with van der Waals surface area (Å²) in [6, 6.07) is 10.8. The summed E-state index contributed by atoms with van der Waals surface area (Å²) >= 11 is 0. The van der Waals surface area contributed by atoms with E-state index in [-0.39, 0.29) is 11.5 Å². The van der Waals surface area contributed by atoms with Crippen molar-refractivity contribution in [2.45, 2.75) is 19.5 Å². The second kappa shape index (κ2) is 4.22. The summed E-state index contributed by atoms with van der Waals surface area (Å²) < 4.78 is 2.07. The SMILES string of the molecule is O=C1CCn2c(CNc3ccc(O)cc3)ccc21. The Morgan fingerprint density at radius 2 is 1.94 bits per heavy atom. The van der Waals surface area contributed by atoms with Crippen LogP contribution < -0.4 is 5.32 Å². The third-order valence-corrected chi connectivity index (χ3v) is 3.26. The highest BCUT2D eigenvalue weighted by Gasteiger charge is 2.21. The average molecular weight is 242 g/mol. The van der Waals surface area contributed by atoms with Crippen LogP contribution in [-0.2, 0) is 13.1 Å². The molecule has 0 bridgehead atoms. The van der Waals surface area contributed by atoms with Gasteiger partial charge in [-0.2, -0.15) is 0 Å². The van der Waals surface area contributed by atoms with Crippen molar-refractivity contribution in [3.63, 3.8) is 0 Å². The van der Waals surface area contributed by atoms with Crippen LogP contribution in [0, 0.1) is 0 Å². The van der Waals surface area contributed by atoms with Gasteiger partial charge in [-0.1, -0.05) is 0 Å².